The first-order valence-electron chi connectivity index (χ1n) is 8.64. The number of nitrogens with zero attached hydrogens (tertiary/aromatic N) is 1. The Bertz CT molecular complexity index is 328. The summed E-state index contributed by atoms with van der Waals surface area (Å²) in [5, 5.41) is 3.52. The minimum atomic E-state index is -0.423. The lowest BCUT2D eigenvalue weighted by Gasteiger charge is -2.30. The van der Waals surface area contributed by atoms with Crippen LogP contribution in [0.15, 0.2) is 0 Å². The Labute approximate surface area is 135 Å². The van der Waals surface area contributed by atoms with Gasteiger partial charge in [0.25, 0.3) is 0 Å². The summed E-state index contributed by atoms with van der Waals surface area (Å²) < 4.78 is 10.8. The fourth-order valence-electron chi connectivity index (χ4n) is 2.80. The van der Waals surface area contributed by atoms with E-state index in [9.17, 15) is 4.79 Å². The fraction of sp³-hybridized carbons (Fsp3) is 0.941. The first-order valence-corrected chi connectivity index (χ1v) is 8.64. The van der Waals surface area contributed by atoms with Gasteiger partial charge in [-0.25, -0.2) is 4.79 Å². The van der Waals surface area contributed by atoms with Crippen LogP contribution < -0.4 is 5.32 Å². The highest BCUT2D eigenvalue weighted by molar-refractivity contribution is 5.68. The number of likely N-dealkylation sites (tertiary alicyclic amines) is 1. The molecule has 0 aliphatic carbocycles. The largest absolute Gasteiger partial charge is 0.444 e. The highest BCUT2D eigenvalue weighted by Gasteiger charge is 2.32. The van der Waals surface area contributed by atoms with Crippen LogP contribution >= 0.6 is 0 Å². The van der Waals surface area contributed by atoms with E-state index in [4.69, 9.17) is 9.47 Å². The average Bonchev–Trinajstić information content (AvgIpc) is 2.84. The maximum Gasteiger partial charge on any atom is 0.410 e. The summed E-state index contributed by atoms with van der Waals surface area (Å²) in [5.74, 6) is 0. The molecule has 1 aliphatic rings. The normalized spacial score (nSPS) is 20.2. The predicted molar refractivity (Wildman–Crippen MR) is 89.2 cm³/mol. The highest BCUT2D eigenvalue weighted by Crippen LogP contribution is 2.24. The molecule has 0 bridgehead atoms. The topological polar surface area (TPSA) is 50.8 Å². The SMILES string of the molecule is CCOCCCNC(C)CC1CCCN1C(=O)OC(C)(C)C. The Morgan fingerprint density at radius 3 is 2.77 bits per heavy atom. The summed E-state index contributed by atoms with van der Waals surface area (Å²) in [6.07, 6.45) is 3.98. The number of carbonyl (C=O) groups is 1. The van der Waals surface area contributed by atoms with Gasteiger partial charge in [-0.3, -0.25) is 0 Å². The molecule has 1 rings (SSSR count). The van der Waals surface area contributed by atoms with Gasteiger partial charge in [0.05, 0.1) is 0 Å². The Kier molecular flexibility index (Phi) is 8.18. The molecule has 22 heavy (non-hydrogen) atoms. The molecule has 1 heterocycles. The molecular formula is C17H34N2O3. The number of hydrogen-bond acceptors (Lipinski definition) is 4. The summed E-state index contributed by atoms with van der Waals surface area (Å²) in [7, 11) is 0. The second kappa shape index (κ2) is 9.36. The van der Waals surface area contributed by atoms with Crippen LogP contribution in [0.5, 0.6) is 0 Å². The van der Waals surface area contributed by atoms with E-state index in [1.807, 2.05) is 32.6 Å². The van der Waals surface area contributed by atoms with Crippen molar-refractivity contribution in [3.8, 4) is 0 Å². The molecule has 0 aromatic heterocycles. The fourth-order valence-corrected chi connectivity index (χ4v) is 2.80. The third-order valence-electron chi connectivity index (χ3n) is 3.79. The number of ether oxygens (including phenoxy) is 2. The van der Waals surface area contributed by atoms with Crippen LogP contribution in [0.25, 0.3) is 0 Å². The van der Waals surface area contributed by atoms with Crippen LogP contribution in [0.4, 0.5) is 4.79 Å². The smallest absolute Gasteiger partial charge is 0.410 e. The molecule has 0 aromatic rings. The first-order chi connectivity index (χ1) is 10.3. The Balaban J connectivity index is 2.32. The van der Waals surface area contributed by atoms with Gasteiger partial charge in [-0.05, 0) is 66.8 Å². The van der Waals surface area contributed by atoms with Crippen LogP contribution in [0.3, 0.4) is 0 Å². The highest BCUT2D eigenvalue weighted by atomic mass is 16.6. The van der Waals surface area contributed by atoms with Crippen molar-refractivity contribution < 1.29 is 14.3 Å². The number of rotatable bonds is 8. The van der Waals surface area contributed by atoms with Crippen molar-refractivity contribution in [3.63, 3.8) is 0 Å². The van der Waals surface area contributed by atoms with Crippen molar-refractivity contribution in [2.24, 2.45) is 0 Å². The summed E-state index contributed by atoms with van der Waals surface area (Å²) >= 11 is 0. The van der Waals surface area contributed by atoms with Gasteiger partial charge >= 0.3 is 6.09 Å². The summed E-state index contributed by atoms with van der Waals surface area (Å²) in [6, 6.07) is 0.693. The lowest BCUT2D eigenvalue weighted by atomic mass is 10.1. The van der Waals surface area contributed by atoms with E-state index >= 15 is 0 Å². The summed E-state index contributed by atoms with van der Waals surface area (Å²) in [6.45, 7) is 13.3. The Hall–Kier alpha value is -0.810. The maximum atomic E-state index is 12.3. The van der Waals surface area contributed by atoms with Crippen molar-refractivity contribution in [3.05, 3.63) is 0 Å². The standard InChI is InChI=1S/C17H34N2O3/c1-6-21-12-8-10-18-14(2)13-15-9-7-11-19(15)16(20)22-17(3,4)5/h14-15,18H,6-13H2,1-5H3. The number of nitrogens with one attached hydrogen (secondary N) is 1. The molecule has 0 spiro atoms. The minimum Gasteiger partial charge on any atom is -0.444 e. The molecular weight excluding hydrogens is 280 g/mol. The van der Waals surface area contributed by atoms with Gasteiger partial charge in [0, 0.05) is 31.8 Å². The molecule has 2 unspecified atom stereocenters. The van der Waals surface area contributed by atoms with E-state index in [2.05, 4.69) is 12.2 Å². The van der Waals surface area contributed by atoms with Gasteiger partial charge in [-0.2, -0.15) is 0 Å². The molecule has 1 N–H and O–H groups in total. The van der Waals surface area contributed by atoms with Crippen molar-refractivity contribution in [1.29, 1.82) is 0 Å². The molecule has 0 saturated carbocycles. The van der Waals surface area contributed by atoms with E-state index < -0.39 is 5.60 Å². The van der Waals surface area contributed by atoms with E-state index in [-0.39, 0.29) is 6.09 Å². The van der Waals surface area contributed by atoms with Crippen LogP contribution in [0.2, 0.25) is 0 Å². The lowest BCUT2D eigenvalue weighted by molar-refractivity contribution is 0.0214. The van der Waals surface area contributed by atoms with Crippen LogP contribution in [0, 0.1) is 0 Å². The zero-order valence-electron chi connectivity index (χ0n) is 15.0. The molecule has 1 amide bonds. The molecule has 1 saturated heterocycles. The van der Waals surface area contributed by atoms with Gasteiger partial charge in [0.2, 0.25) is 0 Å². The van der Waals surface area contributed by atoms with E-state index in [0.29, 0.717) is 12.1 Å². The molecule has 2 atom stereocenters. The minimum absolute atomic E-state index is 0.168. The first kappa shape index (κ1) is 19.2. The van der Waals surface area contributed by atoms with Crippen LogP contribution in [-0.2, 0) is 9.47 Å². The zero-order valence-corrected chi connectivity index (χ0v) is 15.0. The number of carbonyl (C=O) groups excluding carboxylic acids is 1. The maximum absolute atomic E-state index is 12.3. The third-order valence-corrected chi connectivity index (χ3v) is 3.79. The van der Waals surface area contributed by atoms with E-state index in [0.717, 1.165) is 52.0 Å². The lowest BCUT2D eigenvalue weighted by Crippen LogP contribution is -2.42. The molecule has 5 nitrogen and oxygen atoms in total. The second-order valence-corrected chi connectivity index (χ2v) is 7.11. The van der Waals surface area contributed by atoms with Gasteiger partial charge in [0.15, 0.2) is 0 Å². The van der Waals surface area contributed by atoms with Crippen molar-refractivity contribution >= 4 is 6.09 Å². The third kappa shape index (κ3) is 7.45. The zero-order chi connectivity index (χ0) is 16.6. The molecule has 1 aliphatic heterocycles. The molecule has 0 aromatic carbocycles. The van der Waals surface area contributed by atoms with Gasteiger partial charge in [-0.1, -0.05) is 0 Å². The second-order valence-electron chi connectivity index (χ2n) is 7.11. The summed E-state index contributed by atoms with van der Waals surface area (Å²) in [4.78, 5) is 14.2. The Morgan fingerprint density at radius 1 is 1.41 bits per heavy atom. The Morgan fingerprint density at radius 2 is 2.14 bits per heavy atom. The van der Waals surface area contributed by atoms with Gasteiger partial charge < -0.3 is 19.7 Å². The van der Waals surface area contributed by atoms with E-state index in [1.54, 1.807) is 0 Å². The quantitative estimate of drug-likeness (QED) is 0.699. The van der Waals surface area contributed by atoms with E-state index in [1.165, 1.54) is 0 Å². The van der Waals surface area contributed by atoms with Gasteiger partial charge in [-0.15, -0.1) is 0 Å². The number of amides is 1. The predicted octanol–water partition coefficient (Wildman–Crippen LogP) is 3.18. The van der Waals surface area contributed by atoms with Crippen molar-refractivity contribution in [2.45, 2.75) is 78.0 Å². The molecule has 1 fully saturated rings. The van der Waals surface area contributed by atoms with Crippen molar-refractivity contribution in [1.82, 2.24) is 10.2 Å². The van der Waals surface area contributed by atoms with Crippen LogP contribution in [0.1, 0.15) is 60.3 Å². The molecule has 5 heteroatoms. The van der Waals surface area contributed by atoms with Crippen molar-refractivity contribution in [2.75, 3.05) is 26.3 Å². The van der Waals surface area contributed by atoms with Gasteiger partial charge in [0.1, 0.15) is 5.60 Å². The van der Waals surface area contributed by atoms with Crippen LogP contribution in [-0.4, -0.2) is 55.0 Å². The summed E-state index contributed by atoms with van der Waals surface area (Å²) in [5.41, 5.74) is -0.423. The monoisotopic (exact) mass is 314 g/mol. The molecule has 130 valence electrons. The number of hydrogen-bond donors (Lipinski definition) is 1. The molecule has 0 radical (unpaired) electrons. The average molecular weight is 314 g/mol.